The first-order chi connectivity index (χ1) is 7.34. The Morgan fingerprint density at radius 2 is 2.20 bits per heavy atom. The van der Waals surface area contributed by atoms with E-state index >= 15 is 0 Å². The third-order valence-corrected chi connectivity index (χ3v) is 4.95. The minimum atomic E-state index is 0.948. The second-order valence-electron chi connectivity index (χ2n) is 5.90. The van der Waals surface area contributed by atoms with Gasteiger partial charge in [-0.2, -0.15) is 0 Å². The molecule has 0 amide bonds. The molecule has 0 spiro atoms. The van der Waals surface area contributed by atoms with Crippen LogP contribution in [0.4, 0.5) is 0 Å². The highest BCUT2D eigenvalue weighted by molar-refractivity contribution is 4.98. The quantitative estimate of drug-likeness (QED) is 0.761. The fourth-order valence-electron chi connectivity index (χ4n) is 4.06. The highest BCUT2D eigenvalue weighted by atomic mass is 15.2. The highest BCUT2D eigenvalue weighted by Crippen LogP contribution is 2.41. The van der Waals surface area contributed by atoms with E-state index in [1.54, 1.807) is 0 Å². The number of nitrogens with zero attached hydrogens (tertiary/aromatic N) is 1. The molecule has 3 heterocycles. The van der Waals surface area contributed by atoms with Crippen LogP contribution < -0.4 is 5.32 Å². The Morgan fingerprint density at radius 1 is 1.27 bits per heavy atom. The molecule has 86 valence electrons. The van der Waals surface area contributed by atoms with Gasteiger partial charge in [-0.25, -0.2) is 0 Å². The Labute approximate surface area is 93.4 Å². The minimum absolute atomic E-state index is 0.948. The molecule has 15 heavy (non-hydrogen) atoms. The van der Waals surface area contributed by atoms with E-state index < -0.39 is 0 Å². The van der Waals surface area contributed by atoms with E-state index in [1.165, 1.54) is 51.7 Å². The van der Waals surface area contributed by atoms with Crippen molar-refractivity contribution in [3.8, 4) is 0 Å². The zero-order valence-corrected chi connectivity index (χ0v) is 9.91. The van der Waals surface area contributed by atoms with Gasteiger partial charge in [0.2, 0.25) is 0 Å². The molecule has 3 aliphatic rings. The maximum Gasteiger partial charge on any atom is 0.0125 e. The largest absolute Gasteiger partial charge is 0.316 e. The number of nitrogens with one attached hydrogen (secondary N) is 1. The predicted octanol–water partition coefficient (Wildman–Crippen LogP) is 1.86. The van der Waals surface area contributed by atoms with E-state index in [9.17, 15) is 0 Å². The molecule has 2 heteroatoms. The third-order valence-electron chi connectivity index (χ3n) is 4.95. The molecule has 1 N–H and O–H groups in total. The van der Waals surface area contributed by atoms with E-state index in [0.717, 1.165) is 23.9 Å². The summed E-state index contributed by atoms with van der Waals surface area (Å²) in [7, 11) is 0. The highest BCUT2D eigenvalue weighted by Gasteiger charge is 2.43. The van der Waals surface area contributed by atoms with Crippen LogP contribution in [0.3, 0.4) is 0 Å². The van der Waals surface area contributed by atoms with Crippen molar-refractivity contribution in [3.05, 3.63) is 0 Å². The molecule has 0 aromatic carbocycles. The molecule has 0 saturated carbocycles. The van der Waals surface area contributed by atoms with Crippen LogP contribution in [0.2, 0.25) is 0 Å². The van der Waals surface area contributed by atoms with Gasteiger partial charge in [0.15, 0.2) is 0 Å². The lowest BCUT2D eigenvalue weighted by molar-refractivity contribution is 0.224. The van der Waals surface area contributed by atoms with Crippen molar-refractivity contribution >= 4 is 0 Å². The van der Waals surface area contributed by atoms with Gasteiger partial charge in [0.25, 0.3) is 0 Å². The lowest BCUT2D eigenvalue weighted by Crippen LogP contribution is -2.32. The molecular weight excluding hydrogens is 184 g/mol. The van der Waals surface area contributed by atoms with Crippen LogP contribution in [0.25, 0.3) is 0 Å². The number of hydrogen-bond acceptors (Lipinski definition) is 2. The summed E-state index contributed by atoms with van der Waals surface area (Å²) in [6, 6.07) is 1.91. The second-order valence-corrected chi connectivity index (χ2v) is 5.90. The van der Waals surface area contributed by atoms with Gasteiger partial charge in [-0.05, 0) is 63.6 Å². The maximum absolute atomic E-state index is 3.48. The van der Waals surface area contributed by atoms with Crippen LogP contribution in [0.5, 0.6) is 0 Å². The lowest BCUT2D eigenvalue weighted by Gasteiger charge is -2.24. The fourth-order valence-corrected chi connectivity index (χ4v) is 4.06. The summed E-state index contributed by atoms with van der Waals surface area (Å²) in [5, 5.41) is 3.48. The Balaban J connectivity index is 1.51. The Hall–Kier alpha value is -0.0800. The van der Waals surface area contributed by atoms with Gasteiger partial charge < -0.3 is 5.32 Å². The SMILES string of the molecule is CC1CC2CCC1N2CCC1CCNC1. The molecule has 4 unspecified atom stereocenters. The van der Waals surface area contributed by atoms with E-state index in [2.05, 4.69) is 17.1 Å². The molecule has 0 aliphatic carbocycles. The van der Waals surface area contributed by atoms with E-state index in [-0.39, 0.29) is 0 Å². The second kappa shape index (κ2) is 4.06. The molecule has 3 rings (SSSR count). The zero-order valence-electron chi connectivity index (χ0n) is 9.91. The third kappa shape index (κ3) is 1.83. The topological polar surface area (TPSA) is 15.3 Å². The van der Waals surface area contributed by atoms with Crippen molar-refractivity contribution < 1.29 is 0 Å². The summed E-state index contributed by atoms with van der Waals surface area (Å²) < 4.78 is 0. The molecule has 3 aliphatic heterocycles. The summed E-state index contributed by atoms with van der Waals surface area (Å²) in [5.74, 6) is 1.95. The molecule has 3 fully saturated rings. The van der Waals surface area contributed by atoms with Crippen molar-refractivity contribution in [1.82, 2.24) is 10.2 Å². The van der Waals surface area contributed by atoms with Crippen LogP contribution in [0.1, 0.15) is 39.0 Å². The molecule has 2 bridgehead atoms. The maximum atomic E-state index is 3.48. The van der Waals surface area contributed by atoms with Crippen molar-refractivity contribution in [2.45, 2.75) is 51.1 Å². The first kappa shape index (κ1) is 10.1. The van der Waals surface area contributed by atoms with Crippen molar-refractivity contribution in [2.75, 3.05) is 19.6 Å². The smallest absolute Gasteiger partial charge is 0.0125 e. The molecule has 3 saturated heterocycles. The van der Waals surface area contributed by atoms with E-state index in [4.69, 9.17) is 0 Å². The van der Waals surface area contributed by atoms with Gasteiger partial charge in [0.05, 0.1) is 0 Å². The average molecular weight is 208 g/mol. The number of rotatable bonds is 3. The molecule has 0 aromatic heterocycles. The average Bonchev–Trinajstić information content (AvgIpc) is 2.88. The van der Waals surface area contributed by atoms with Crippen LogP contribution in [0.15, 0.2) is 0 Å². The Kier molecular flexibility index (Phi) is 2.73. The van der Waals surface area contributed by atoms with Crippen LogP contribution in [-0.2, 0) is 0 Å². The van der Waals surface area contributed by atoms with Gasteiger partial charge in [0.1, 0.15) is 0 Å². The molecule has 0 aromatic rings. The first-order valence-electron chi connectivity index (χ1n) is 6.81. The van der Waals surface area contributed by atoms with Crippen molar-refractivity contribution in [1.29, 1.82) is 0 Å². The summed E-state index contributed by atoms with van der Waals surface area (Å²) in [6.45, 7) is 6.37. The zero-order chi connectivity index (χ0) is 10.3. The minimum Gasteiger partial charge on any atom is -0.316 e. The lowest BCUT2D eigenvalue weighted by atomic mass is 9.91. The van der Waals surface area contributed by atoms with Gasteiger partial charge in [-0.15, -0.1) is 0 Å². The van der Waals surface area contributed by atoms with E-state index in [0.29, 0.717) is 0 Å². The molecule has 2 nitrogen and oxygen atoms in total. The van der Waals surface area contributed by atoms with Gasteiger partial charge in [-0.1, -0.05) is 6.92 Å². The molecule has 0 radical (unpaired) electrons. The Morgan fingerprint density at radius 3 is 2.80 bits per heavy atom. The number of fused-ring (bicyclic) bond motifs is 2. The molecular formula is C13H24N2. The predicted molar refractivity (Wildman–Crippen MR) is 62.9 cm³/mol. The van der Waals surface area contributed by atoms with Crippen molar-refractivity contribution in [2.24, 2.45) is 11.8 Å². The monoisotopic (exact) mass is 208 g/mol. The molecule has 4 atom stereocenters. The fraction of sp³-hybridized carbons (Fsp3) is 1.00. The first-order valence-corrected chi connectivity index (χ1v) is 6.81. The summed E-state index contributed by atoms with van der Waals surface area (Å²) >= 11 is 0. The van der Waals surface area contributed by atoms with Gasteiger partial charge in [-0.3, -0.25) is 4.90 Å². The van der Waals surface area contributed by atoms with Crippen LogP contribution >= 0.6 is 0 Å². The summed E-state index contributed by atoms with van der Waals surface area (Å²) in [4.78, 5) is 2.84. The van der Waals surface area contributed by atoms with Crippen LogP contribution in [0, 0.1) is 11.8 Å². The van der Waals surface area contributed by atoms with Crippen molar-refractivity contribution in [3.63, 3.8) is 0 Å². The van der Waals surface area contributed by atoms with Gasteiger partial charge >= 0.3 is 0 Å². The Bertz CT molecular complexity index is 223. The van der Waals surface area contributed by atoms with Gasteiger partial charge in [0, 0.05) is 12.1 Å². The summed E-state index contributed by atoms with van der Waals surface area (Å²) in [6.07, 6.45) is 7.30. The van der Waals surface area contributed by atoms with Crippen LogP contribution in [-0.4, -0.2) is 36.6 Å². The normalized spacial score (nSPS) is 45.4. The summed E-state index contributed by atoms with van der Waals surface area (Å²) in [5.41, 5.74) is 0. The number of hydrogen-bond donors (Lipinski definition) is 1. The van der Waals surface area contributed by atoms with E-state index in [1.807, 2.05) is 0 Å². The standard InChI is InChI=1S/C13H24N2/c1-10-8-12-2-3-13(10)15(12)7-5-11-4-6-14-9-11/h10-14H,2-9H2,1H3.